The molecule has 3 heteroatoms. The molecule has 0 heterocycles. The predicted octanol–water partition coefficient (Wildman–Crippen LogP) is 4.91. The van der Waals surface area contributed by atoms with E-state index < -0.39 is 0 Å². The smallest absolute Gasteiger partial charge is 0.0410 e. The molecule has 94 valence electrons. The normalized spacial score (nSPS) is 19.2. The molecule has 1 aliphatic rings. The molecule has 1 nitrogen and oxygen atoms in total. The lowest BCUT2D eigenvalue weighted by atomic mass is 9.83. The van der Waals surface area contributed by atoms with Crippen molar-refractivity contribution in [2.24, 2.45) is 11.7 Å². The van der Waals surface area contributed by atoms with Crippen LogP contribution in [0.1, 0.15) is 50.1 Å². The Hall–Kier alpha value is 0.200. The largest absolute Gasteiger partial charge is 0.324 e. The van der Waals surface area contributed by atoms with Crippen LogP contribution < -0.4 is 5.73 Å². The van der Waals surface area contributed by atoms with Gasteiger partial charge in [0.25, 0.3) is 0 Å². The molecule has 1 saturated carbocycles. The lowest BCUT2D eigenvalue weighted by Gasteiger charge is -2.25. The van der Waals surface area contributed by atoms with Crippen LogP contribution >= 0.6 is 34.2 Å². The molecule has 0 saturated heterocycles. The van der Waals surface area contributed by atoms with Gasteiger partial charge in [0.1, 0.15) is 0 Å². The van der Waals surface area contributed by atoms with Crippen LogP contribution in [-0.4, -0.2) is 0 Å². The Labute approximate surface area is 122 Å². The first kappa shape index (κ1) is 13.6. The standard InChI is InChI=1S/C14H19ClIN/c15-11-6-7-13(16)12(9-11)14(17)8-10-4-2-1-3-5-10/h6-7,9-10,14H,1-5,8,17H2. The molecule has 0 spiro atoms. The van der Waals surface area contributed by atoms with Gasteiger partial charge in [-0.1, -0.05) is 43.7 Å². The van der Waals surface area contributed by atoms with E-state index in [1.807, 2.05) is 12.1 Å². The zero-order valence-electron chi connectivity index (χ0n) is 9.96. The minimum absolute atomic E-state index is 0.142. The van der Waals surface area contributed by atoms with Crippen molar-refractivity contribution >= 4 is 34.2 Å². The van der Waals surface area contributed by atoms with Gasteiger partial charge in [-0.05, 0) is 58.7 Å². The van der Waals surface area contributed by atoms with Crippen LogP contribution in [0.3, 0.4) is 0 Å². The number of benzene rings is 1. The highest BCUT2D eigenvalue weighted by atomic mass is 127. The third kappa shape index (κ3) is 3.83. The molecule has 1 aromatic rings. The molecule has 0 aromatic heterocycles. The van der Waals surface area contributed by atoms with E-state index in [1.54, 1.807) is 0 Å². The highest BCUT2D eigenvalue weighted by Crippen LogP contribution is 2.32. The molecule has 0 radical (unpaired) electrons. The molecule has 1 fully saturated rings. The van der Waals surface area contributed by atoms with Gasteiger partial charge < -0.3 is 5.73 Å². The molecular weight excluding hydrogens is 345 g/mol. The summed E-state index contributed by atoms with van der Waals surface area (Å²) < 4.78 is 1.23. The average Bonchev–Trinajstić information content (AvgIpc) is 2.33. The third-order valence-corrected chi connectivity index (χ3v) is 4.89. The fraction of sp³-hybridized carbons (Fsp3) is 0.571. The van der Waals surface area contributed by atoms with Crippen molar-refractivity contribution in [2.75, 3.05) is 0 Å². The molecule has 2 N–H and O–H groups in total. The van der Waals surface area contributed by atoms with Crippen molar-refractivity contribution in [3.63, 3.8) is 0 Å². The van der Waals surface area contributed by atoms with E-state index in [9.17, 15) is 0 Å². The van der Waals surface area contributed by atoms with E-state index in [0.29, 0.717) is 0 Å². The zero-order valence-corrected chi connectivity index (χ0v) is 12.9. The zero-order chi connectivity index (χ0) is 12.3. The van der Waals surface area contributed by atoms with E-state index in [1.165, 1.54) is 41.2 Å². The Kier molecular flexibility index (Phi) is 5.12. The van der Waals surface area contributed by atoms with E-state index in [4.69, 9.17) is 17.3 Å². The molecule has 0 amide bonds. The van der Waals surface area contributed by atoms with E-state index >= 15 is 0 Å². The summed E-state index contributed by atoms with van der Waals surface area (Å²) in [5, 5.41) is 0.791. The van der Waals surface area contributed by atoms with Gasteiger partial charge in [-0.3, -0.25) is 0 Å². The average molecular weight is 364 g/mol. The summed E-state index contributed by atoms with van der Waals surface area (Å²) in [6, 6.07) is 6.15. The molecule has 1 aromatic carbocycles. The minimum Gasteiger partial charge on any atom is -0.324 e. The van der Waals surface area contributed by atoms with Crippen molar-refractivity contribution < 1.29 is 0 Å². The van der Waals surface area contributed by atoms with Crippen LogP contribution in [0, 0.1) is 9.49 Å². The van der Waals surface area contributed by atoms with Crippen LogP contribution in [0.2, 0.25) is 5.02 Å². The molecule has 1 unspecified atom stereocenters. The van der Waals surface area contributed by atoms with Crippen molar-refractivity contribution in [1.29, 1.82) is 0 Å². The van der Waals surface area contributed by atoms with Crippen LogP contribution in [0.5, 0.6) is 0 Å². The van der Waals surface area contributed by atoms with Gasteiger partial charge >= 0.3 is 0 Å². The maximum Gasteiger partial charge on any atom is 0.0410 e. The molecular formula is C14H19ClIN. The van der Waals surface area contributed by atoms with Gasteiger partial charge in [0.2, 0.25) is 0 Å². The summed E-state index contributed by atoms with van der Waals surface area (Å²) in [5.41, 5.74) is 7.54. The second-order valence-corrected chi connectivity index (χ2v) is 6.61. The van der Waals surface area contributed by atoms with Gasteiger partial charge in [-0.15, -0.1) is 0 Å². The van der Waals surface area contributed by atoms with Gasteiger partial charge in [-0.25, -0.2) is 0 Å². The summed E-state index contributed by atoms with van der Waals surface area (Å²) in [6.07, 6.45) is 7.97. The number of nitrogens with two attached hydrogens (primary N) is 1. The quantitative estimate of drug-likeness (QED) is 0.758. The number of halogens is 2. The Bertz CT molecular complexity index is 374. The van der Waals surface area contributed by atoms with Crippen molar-refractivity contribution in [3.8, 4) is 0 Å². The summed E-state index contributed by atoms with van der Waals surface area (Å²) in [5.74, 6) is 0.813. The predicted molar refractivity (Wildman–Crippen MR) is 82.3 cm³/mol. The van der Waals surface area contributed by atoms with Crippen molar-refractivity contribution in [2.45, 2.75) is 44.6 Å². The molecule has 17 heavy (non-hydrogen) atoms. The van der Waals surface area contributed by atoms with Crippen molar-refractivity contribution in [3.05, 3.63) is 32.4 Å². The maximum atomic E-state index is 6.33. The molecule has 0 bridgehead atoms. The van der Waals surface area contributed by atoms with Gasteiger partial charge in [0.15, 0.2) is 0 Å². The Morgan fingerprint density at radius 2 is 2.00 bits per heavy atom. The molecule has 1 aliphatic carbocycles. The Morgan fingerprint density at radius 1 is 1.29 bits per heavy atom. The number of hydrogen-bond acceptors (Lipinski definition) is 1. The van der Waals surface area contributed by atoms with Crippen LogP contribution in [0.15, 0.2) is 18.2 Å². The van der Waals surface area contributed by atoms with E-state index in [2.05, 4.69) is 28.7 Å². The van der Waals surface area contributed by atoms with E-state index in [-0.39, 0.29) is 6.04 Å². The van der Waals surface area contributed by atoms with Gasteiger partial charge in [0.05, 0.1) is 0 Å². The summed E-state index contributed by atoms with van der Waals surface area (Å²) in [7, 11) is 0. The minimum atomic E-state index is 0.142. The third-order valence-electron chi connectivity index (χ3n) is 3.67. The summed E-state index contributed by atoms with van der Waals surface area (Å²) in [6.45, 7) is 0. The lowest BCUT2D eigenvalue weighted by Crippen LogP contribution is -2.18. The Balaban J connectivity index is 2.02. The van der Waals surface area contributed by atoms with Crippen LogP contribution in [0.25, 0.3) is 0 Å². The fourth-order valence-electron chi connectivity index (χ4n) is 2.71. The first-order valence-corrected chi connectivity index (χ1v) is 7.83. The fourth-order valence-corrected chi connectivity index (χ4v) is 3.62. The maximum absolute atomic E-state index is 6.33. The second kappa shape index (κ2) is 6.39. The first-order valence-electron chi connectivity index (χ1n) is 6.37. The number of rotatable bonds is 3. The monoisotopic (exact) mass is 363 g/mol. The number of hydrogen-bond donors (Lipinski definition) is 1. The highest BCUT2D eigenvalue weighted by Gasteiger charge is 2.19. The lowest BCUT2D eigenvalue weighted by molar-refractivity contribution is 0.319. The first-order chi connectivity index (χ1) is 8.16. The summed E-state index contributed by atoms with van der Waals surface area (Å²) >= 11 is 8.39. The second-order valence-electron chi connectivity index (χ2n) is 5.01. The van der Waals surface area contributed by atoms with Gasteiger partial charge in [0, 0.05) is 14.6 Å². The SMILES string of the molecule is NC(CC1CCCCC1)c1cc(Cl)ccc1I. The van der Waals surface area contributed by atoms with E-state index in [0.717, 1.165) is 17.4 Å². The van der Waals surface area contributed by atoms with Gasteiger partial charge in [-0.2, -0.15) is 0 Å². The van der Waals surface area contributed by atoms with Crippen LogP contribution in [0.4, 0.5) is 0 Å². The molecule has 1 atom stereocenters. The highest BCUT2D eigenvalue weighted by molar-refractivity contribution is 14.1. The molecule has 2 rings (SSSR count). The van der Waals surface area contributed by atoms with Crippen molar-refractivity contribution in [1.82, 2.24) is 0 Å². The molecule has 0 aliphatic heterocycles. The summed E-state index contributed by atoms with van der Waals surface area (Å²) in [4.78, 5) is 0. The van der Waals surface area contributed by atoms with Crippen LogP contribution in [-0.2, 0) is 0 Å². The topological polar surface area (TPSA) is 26.0 Å². The Morgan fingerprint density at radius 3 is 2.71 bits per heavy atom.